The molecule has 2 aliphatic carbocycles. The number of nitrogens with one attached hydrogen (secondary N) is 1. The van der Waals surface area contributed by atoms with Crippen LogP contribution < -0.4 is 11.1 Å². The number of benzene rings is 1. The summed E-state index contributed by atoms with van der Waals surface area (Å²) >= 11 is 0. The standard InChI is InChI=1S/C15H18F2N2O/c16-11-5-12(14(17)13(18)6-11)15(20)19-7-10-4-8-1-2-9(10)3-8/h5-6,8-10H,1-4,7,18H2,(H,19,20). The Balaban J connectivity index is 1.65. The van der Waals surface area contributed by atoms with E-state index in [4.69, 9.17) is 5.73 Å². The fourth-order valence-electron chi connectivity index (χ4n) is 3.72. The maximum absolute atomic E-state index is 13.7. The Morgan fingerprint density at radius 1 is 1.30 bits per heavy atom. The summed E-state index contributed by atoms with van der Waals surface area (Å²) in [6.07, 6.45) is 4.91. The highest BCUT2D eigenvalue weighted by Gasteiger charge is 2.39. The maximum Gasteiger partial charge on any atom is 0.254 e. The number of hydrogen-bond donors (Lipinski definition) is 2. The zero-order valence-corrected chi connectivity index (χ0v) is 11.2. The van der Waals surface area contributed by atoms with Crippen molar-refractivity contribution in [2.75, 3.05) is 12.3 Å². The molecule has 1 aromatic rings. The molecule has 0 aliphatic heterocycles. The molecule has 3 rings (SSSR count). The Bertz CT molecular complexity index is 547. The topological polar surface area (TPSA) is 55.1 Å². The monoisotopic (exact) mass is 280 g/mol. The van der Waals surface area contributed by atoms with Crippen molar-refractivity contribution < 1.29 is 13.6 Å². The smallest absolute Gasteiger partial charge is 0.254 e. The summed E-state index contributed by atoms with van der Waals surface area (Å²) in [5.41, 5.74) is 4.68. The van der Waals surface area contributed by atoms with Gasteiger partial charge in [0.15, 0.2) is 5.82 Å². The molecule has 2 aliphatic rings. The SMILES string of the molecule is Nc1cc(F)cc(C(=O)NCC2CC3CCC2C3)c1F. The van der Waals surface area contributed by atoms with Crippen LogP contribution in [0.4, 0.5) is 14.5 Å². The molecule has 5 heteroatoms. The molecule has 3 nitrogen and oxygen atoms in total. The molecule has 0 aromatic heterocycles. The number of fused-ring (bicyclic) bond motifs is 2. The molecule has 0 saturated heterocycles. The molecule has 1 amide bonds. The minimum Gasteiger partial charge on any atom is -0.396 e. The van der Waals surface area contributed by atoms with Gasteiger partial charge in [-0.25, -0.2) is 8.78 Å². The fraction of sp³-hybridized carbons (Fsp3) is 0.533. The minimum absolute atomic E-state index is 0.314. The van der Waals surface area contributed by atoms with Crippen molar-refractivity contribution in [1.82, 2.24) is 5.32 Å². The average molecular weight is 280 g/mol. The maximum atomic E-state index is 13.7. The highest BCUT2D eigenvalue weighted by Crippen LogP contribution is 2.47. The van der Waals surface area contributed by atoms with Gasteiger partial charge in [0.05, 0.1) is 11.3 Å². The Hall–Kier alpha value is -1.65. The third-order valence-corrected chi connectivity index (χ3v) is 4.72. The highest BCUT2D eigenvalue weighted by atomic mass is 19.1. The van der Waals surface area contributed by atoms with Crippen molar-refractivity contribution in [2.45, 2.75) is 25.7 Å². The minimum atomic E-state index is -0.850. The molecule has 3 atom stereocenters. The van der Waals surface area contributed by atoms with Crippen molar-refractivity contribution in [3.63, 3.8) is 0 Å². The second-order valence-corrected chi connectivity index (χ2v) is 6.00. The van der Waals surface area contributed by atoms with Crippen LogP contribution in [0.25, 0.3) is 0 Å². The van der Waals surface area contributed by atoms with Crippen LogP contribution in [0.2, 0.25) is 0 Å². The van der Waals surface area contributed by atoms with Gasteiger partial charge in [-0.05, 0) is 49.1 Å². The van der Waals surface area contributed by atoms with E-state index in [1.54, 1.807) is 0 Å². The van der Waals surface area contributed by atoms with Crippen molar-refractivity contribution in [3.8, 4) is 0 Å². The molecule has 0 heterocycles. The van der Waals surface area contributed by atoms with Gasteiger partial charge in [-0.1, -0.05) is 6.42 Å². The Kier molecular flexibility index (Phi) is 3.36. The Labute approximate surface area is 116 Å². The summed E-state index contributed by atoms with van der Waals surface area (Å²) in [5, 5.41) is 2.72. The summed E-state index contributed by atoms with van der Waals surface area (Å²) in [6, 6.07) is 1.77. The van der Waals surface area contributed by atoms with Crippen LogP contribution in [0.3, 0.4) is 0 Å². The van der Waals surface area contributed by atoms with Gasteiger partial charge in [-0.2, -0.15) is 0 Å². The zero-order valence-electron chi connectivity index (χ0n) is 11.2. The van der Waals surface area contributed by atoms with Crippen molar-refractivity contribution in [3.05, 3.63) is 29.3 Å². The summed E-state index contributed by atoms with van der Waals surface area (Å²) in [4.78, 5) is 12.0. The fourth-order valence-corrected chi connectivity index (χ4v) is 3.72. The van der Waals surface area contributed by atoms with Gasteiger partial charge in [0.2, 0.25) is 0 Å². The number of carbonyl (C=O) groups is 1. The predicted molar refractivity (Wildman–Crippen MR) is 72.0 cm³/mol. The summed E-state index contributed by atoms with van der Waals surface area (Å²) < 4.78 is 26.9. The highest BCUT2D eigenvalue weighted by molar-refractivity contribution is 5.95. The van der Waals surface area contributed by atoms with Gasteiger partial charge in [-0.15, -0.1) is 0 Å². The number of halogens is 2. The third-order valence-electron chi connectivity index (χ3n) is 4.72. The number of nitrogens with two attached hydrogens (primary N) is 1. The molecular weight excluding hydrogens is 262 g/mol. The molecule has 3 N–H and O–H groups in total. The van der Waals surface area contributed by atoms with Gasteiger partial charge in [0.1, 0.15) is 5.82 Å². The van der Waals surface area contributed by atoms with E-state index < -0.39 is 17.5 Å². The number of anilines is 1. The van der Waals surface area contributed by atoms with Crippen LogP contribution in [0.1, 0.15) is 36.0 Å². The Morgan fingerprint density at radius 3 is 2.75 bits per heavy atom. The second-order valence-electron chi connectivity index (χ2n) is 6.00. The van der Waals surface area contributed by atoms with Crippen molar-refractivity contribution >= 4 is 11.6 Å². The molecule has 0 spiro atoms. The van der Waals surface area contributed by atoms with Crippen LogP contribution in [0.15, 0.2) is 12.1 Å². The van der Waals surface area contributed by atoms with E-state index in [1.807, 2.05) is 0 Å². The van der Waals surface area contributed by atoms with E-state index in [1.165, 1.54) is 19.3 Å². The summed E-state index contributed by atoms with van der Waals surface area (Å²) in [5.74, 6) is -0.180. The first-order valence-corrected chi connectivity index (χ1v) is 7.07. The number of carbonyl (C=O) groups excluding carboxylic acids is 1. The van der Waals surface area contributed by atoms with E-state index in [0.29, 0.717) is 18.4 Å². The number of nitrogen functional groups attached to an aromatic ring is 1. The van der Waals surface area contributed by atoms with Gasteiger partial charge in [-0.3, -0.25) is 4.79 Å². The van der Waals surface area contributed by atoms with E-state index in [-0.39, 0.29) is 11.3 Å². The van der Waals surface area contributed by atoms with E-state index in [2.05, 4.69) is 5.32 Å². The molecule has 20 heavy (non-hydrogen) atoms. The summed E-state index contributed by atoms with van der Waals surface area (Å²) in [6.45, 7) is 0.538. The van der Waals surface area contributed by atoms with Gasteiger partial charge in [0, 0.05) is 6.54 Å². The Morgan fingerprint density at radius 2 is 2.10 bits per heavy atom. The van der Waals surface area contributed by atoms with Crippen molar-refractivity contribution in [2.24, 2.45) is 17.8 Å². The lowest BCUT2D eigenvalue weighted by atomic mass is 9.89. The lowest BCUT2D eigenvalue weighted by Gasteiger charge is -2.21. The number of rotatable bonds is 3. The second kappa shape index (κ2) is 5.04. The largest absolute Gasteiger partial charge is 0.396 e. The van der Waals surface area contributed by atoms with Crippen LogP contribution in [0, 0.1) is 29.4 Å². The van der Waals surface area contributed by atoms with E-state index in [9.17, 15) is 13.6 Å². The molecule has 1 aromatic carbocycles. The number of amides is 1. The molecule has 2 fully saturated rings. The molecule has 0 radical (unpaired) electrons. The van der Waals surface area contributed by atoms with E-state index >= 15 is 0 Å². The first-order chi connectivity index (χ1) is 9.54. The third kappa shape index (κ3) is 2.37. The first kappa shape index (κ1) is 13.3. The first-order valence-electron chi connectivity index (χ1n) is 7.07. The quantitative estimate of drug-likeness (QED) is 0.836. The zero-order chi connectivity index (χ0) is 14.3. The van der Waals surface area contributed by atoms with Crippen LogP contribution >= 0.6 is 0 Å². The van der Waals surface area contributed by atoms with Crippen LogP contribution in [0.5, 0.6) is 0 Å². The predicted octanol–water partition coefficient (Wildman–Crippen LogP) is 2.71. The van der Waals surface area contributed by atoms with Gasteiger partial charge >= 0.3 is 0 Å². The lowest BCUT2D eigenvalue weighted by Crippen LogP contribution is -2.32. The molecule has 108 valence electrons. The van der Waals surface area contributed by atoms with Crippen molar-refractivity contribution in [1.29, 1.82) is 0 Å². The molecule has 3 unspecified atom stereocenters. The van der Waals surface area contributed by atoms with Crippen LogP contribution in [-0.2, 0) is 0 Å². The van der Waals surface area contributed by atoms with Gasteiger partial charge < -0.3 is 11.1 Å². The van der Waals surface area contributed by atoms with Crippen LogP contribution in [-0.4, -0.2) is 12.5 Å². The van der Waals surface area contributed by atoms with Gasteiger partial charge in [0.25, 0.3) is 5.91 Å². The lowest BCUT2D eigenvalue weighted by molar-refractivity contribution is 0.0937. The average Bonchev–Trinajstić information content (AvgIpc) is 3.02. The molecular formula is C15H18F2N2O. The molecule has 2 saturated carbocycles. The normalized spacial score (nSPS) is 27.8. The number of hydrogen-bond acceptors (Lipinski definition) is 2. The summed E-state index contributed by atoms with van der Waals surface area (Å²) in [7, 11) is 0. The van der Waals surface area contributed by atoms with E-state index in [0.717, 1.165) is 24.5 Å². The molecule has 2 bridgehead atoms.